The summed E-state index contributed by atoms with van der Waals surface area (Å²) in [5.74, 6) is 1.15. The number of fused-ring (bicyclic) bond motifs is 5. The van der Waals surface area contributed by atoms with Crippen molar-refractivity contribution in [3.8, 4) is 0 Å². The molecule has 0 spiro atoms. The molecule has 128 valence electrons. The molecule has 24 heavy (non-hydrogen) atoms. The zero-order valence-corrected chi connectivity index (χ0v) is 14.4. The van der Waals surface area contributed by atoms with Crippen LogP contribution < -0.4 is 4.90 Å². The van der Waals surface area contributed by atoms with Gasteiger partial charge in [-0.05, 0) is 37.1 Å². The summed E-state index contributed by atoms with van der Waals surface area (Å²) in [6, 6.07) is 7.45. The van der Waals surface area contributed by atoms with E-state index < -0.39 is 10.0 Å². The van der Waals surface area contributed by atoms with Gasteiger partial charge in [-0.3, -0.25) is 0 Å². The maximum atomic E-state index is 12.6. The monoisotopic (exact) mass is 346 g/mol. The number of nitrogens with zero attached hydrogens (tertiary/aromatic N) is 2. The predicted octanol–water partition coefficient (Wildman–Crippen LogP) is 1.86. The van der Waals surface area contributed by atoms with Crippen LogP contribution >= 0.6 is 0 Å². The van der Waals surface area contributed by atoms with Crippen molar-refractivity contribution in [3.05, 3.63) is 36.4 Å². The highest BCUT2D eigenvalue weighted by Gasteiger charge is 2.50. The summed E-state index contributed by atoms with van der Waals surface area (Å²) in [6.45, 7) is 3.29. The molecule has 0 aliphatic carbocycles. The van der Waals surface area contributed by atoms with Gasteiger partial charge in [0.15, 0.2) is 0 Å². The van der Waals surface area contributed by atoms with Crippen molar-refractivity contribution in [1.82, 2.24) is 4.31 Å². The summed E-state index contributed by atoms with van der Waals surface area (Å²) in [5, 5.41) is 0. The molecular weight excluding hydrogens is 324 g/mol. The van der Waals surface area contributed by atoms with Crippen molar-refractivity contribution in [2.45, 2.75) is 29.9 Å². The molecule has 6 heteroatoms. The van der Waals surface area contributed by atoms with E-state index in [1.54, 1.807) is 16.4 Å². The zero-order chi connectivity index (χ0) is 16.3. The van der Waals surface area contributed by atoms with E-state index in [4.69, 9.17) is 4.74 Å². The minimum Gasteiger partial charge on any atom is -0.371 e. The third-order valence-electron chi connectivity index (χ3n) is 5.97. The van der Waals surface area contributed by atoms with Crippen LogP contribution in [0.5, 0.6) is 0 Å². The van der Waals surface area contributed by atoms with Crippen LogP contribution in [0.2, 0.25) is 0 Å². The highest BCUT2D eigenvalue weighted by molar-refractivity contribution is 7.89. The SMILES string of the molecule is O=S(=O)(c1ccc(N2C[C@@H]3C4C=CC(O4)[C@@H]3C2)cc1)N1CCCC1. The van der Waals surface area contributed by atoms with Crippen LogP contribution in [0.25, 0.3) is 0 Å². The molecule has 0 radical (unpaired) electrons. The smallest absolute Gasteiger partial charge is 0.243 e. The molecule has 0 N–H and O–H groups in total. The summed E-state index contributed by atoms with van der Waals surface area (Å²) in [7, 11) is -3.32. The lowest BCUT2D eigenvalue weighted by Crippen LogP contribution is -2.28. The van der Waals surface area contributed by atoms with E-state index in [0.717, 1.165) is 31.6 Å². The standard InChI is InChI=1S/C18H22N2O3S/c21-24(22,20-9-1-2-10-20)14-5-3-13(4-6-14)19-11-15-16(12-19)18-8-7-17(15)23-18/h3-8,15-18H,1-2,9-12H2/t15-,16+,17?,18?. The average Bonchev–Trinajstić information content (AvgIpc) is 3.37. The van der Waals surface area contributed by atoms with Crippen LogP contribution in [0.4, 0.5) is 5.69 Å². The fourth-order valence-electron chi connectivity index (χ4n) is 4.65. The fraction of sp³-hybridized carbons (Fsp3) is 0.556. The maximum absolute atomic E-state index is 12.6. The molecular formula is C18H22N2O3S. The molecule has 4 aliphatic heterocycles. The topological polar surface area (TPSA) is 49.9 Å². The van der Waals surface area contributed by atoms with Gasteiger partial charge in [-0.15, -0.1) is 0 Å². The molecule has 0 aromatic heterocycles. The lowest BCUT2D eigenvalue weighted by molar-refractivity contribution is 0.100. The molecule has 0 saturated carbocycles. The number of hydrogen-bond donors (Lipinski definition) is 0. The van der Waals surface area contributed by atoms with Crippen molar-refractivity contribution >= 4 is 15.7 Å². The van der Waals surface area contributed by atoms with Gasteiger partial charge in [0, 0.05) is 43.7 Å². The van der Waals surface area contributed by atoms with Crippen LogP contribution in [-0.2, 0) is 14.8 Å². The molecule has 4 heterocycles. The molecule has 1 aromatic carbocycles. The van der Waals surface area contributed by atoms with Crippen LogP contribution in [0.15, 0.2) is 41.3 Å². The first kappa shape index (κ1) is 14.9. The summed E-state index contributed by atoms with van der Waals surface area (Å²) in [4.78, 5) is 2.79. The molecule has 2 unspecified atom stereocenters. The number of rotatable bonds is 3. The Morgan fingerprint density at radius 1 is 0.917 bits per heavy atom. The molecule has 1 aromatic rings. The van der Waals surface area contributed by atoms with Gasteiger partial charge in [0.1, 0.15) is 0 Å². The number of ether oxygens (including phenoxy) is 1. The van der Waals surface area contributed by atoms with Crippen molar-refractivity contribution in [3.63, 3.8) is 0 Å². The largest absolute Gasteiger partial charge is 0.371 e. The summed E-state index contributed by atoms with van der Waals surface area (Å²) in [5.41, 5.74) is 1.11. The Morgan fingerprint density at radius 2 is 1.50 bits per heavy atom. The Kier molecular flexibility index (Phi) is 3.30. The normalized spacial score (nSPS) is 35.1. The third-order valence-corrected chi connectivity index (χ3v) is 7.88. The molecule has 5 nitrogen and oxygen atoms in total. The van der Waals surface area contributed by atoms with Gasteiger partial charge in [0.05, 0.1) is 17.1 Å². The molecule has 0 amide bonds. The molecule has 3 fully saturated rings. The highest BCUT2D eigenvalue weighted by Crippen LogP contribution is 2.44. The minimum atomic E-state index is -3.32. The van der Waals surface area contributed by atoms with Gasteiger partial charge in [0.2, 0.25) is 10.0 Å². The van der Waals surface area contributed by atoms with Gasteiger partial charge < -0.3 is 9.64 Å². The van der Waals surface area contributed by atoms with E-state index in [2.05, 4.69) is 17.1 Å². The van der Waals surface area contributed by atoms with Crippen molar-refractivity contribution in [1.29, 1.82) is 0 Å². The van der Waals surface area contributed by atoms with Crippen LogP contribution in [-0.4, -0.2) is 51.1 Å². The van der Waals surface area contributed by atoms with Crippen LogP contribution in [0.1, 0.15) is 12.8 Å². The second-order valence-electron chi connectivity index (χ2n) is 7.29. The maximum Gasteiger partial charge on any atom is 0.243 e. The Labute approximate surface area is 142 Å². The van der Waals surface area contributed by atoms with E-state index in [0.29, 0.717) is 29.8 Å². The second-order valence-corrected chi connectivity index (χ2v) is 9.23. The van der Waals surface area contributed by atoms with Gasteiger partial charge in [-0.25, -0.2) is 8.42 Å². The molecule has 4 aliphatic rings. The first-order valence-corrected chi connectivity index (χ1v) is 10.3. The average molecular weight is 346 g/mol. The second kappa shape index (κ2) is 5.31. The summed E-state index contributed by atoms with van der Waals surface area (Å²) in [6.07, 6.45) is 6.88. The molecule has 3 saturated heterocycles. The van der Waals surface area contributed by atoms with Gasteiger partial charge >= 0.3 is 0 Å². The quantitative estimate of drug-likeness (QED) is 0.784. The molecule has 4 atom stereocenters. The first-order valence-electron chi connectivity index (χ1n) is 8.82. The Morgan fingerprint density at radius 3 is 2.08 bits per heavy atom. The van der Waals surface area contributed by atoms with E-state index in [9.17, 15) is 8.42 Å². The van der Waals surface area contributed by atoms with E-state index in [-0.39, 0.29) is 12.2 Å². The van der Waals surface area contributed by atoms with Gasteiger partial charge in [-0.1, -0.05) is 12.2 Å². The summed E-state index contributed by atoms with van der Waals surface area (Å²) >= 11 is 0. The van der Waals surface area contributed by atoms with Gasteiger partial charge in [0.25, 0.3) is 0 Å². The first-order chi connectivity index (χ1) is 11.6. The van der Waals surface area contributed by atoms with E-state index in [1.807, 2.05) is 12.1 Å². The Balaban J connectivity index is 1.34. The van der Waals surface area contributed by atoms with Crippen molar-refractivity contribution < 1.29 is 13.2 Å². The predicted molar refractivity (Wildman–Crippen MR) is 91.4 cm³/mol. The van der Waals surface area contributed by atoms with E-state index in [1.165, 1.54) is 0 Å². The molecule has 2 bridgehead atoms. The van der Waals surface area contributed by atoms with Crippen molar-refractivity contribution in [2.24, 2.45) is 11.8 Å². The minimum absolute atomic E-state index is 0.278. The zero-order valence-electron chi connectivity index (χ0n) is 13.5. The van der Waals surface area contributed by atoms with Crippen LogP contribution in [0, 0.1) is 11.8 Å². The highest BCUT2D eigenvalue weighted by atomic mass is 32.2. The lowest BCUT2D eigenvalue weighted by atomic mass is 9.86. The number of sulfonamides is 1. The van der Waals surface area contributed by atoms with Gasteiger partial charge in [-0.2, -0.15) is 4.31 Å². The van der Waals surface area contributed by atoms with Crippen LogP contribution in [0.3, 0.4) is 0 Å². The number of hydrogen-bond acceptors (Lipinski definition) is 4. The Hall–Kier alpha value is -1.37. The third kappa shape index (κ3) is 2.16. The Bertz CT molecular complexity index is 748. The fourth-order valence-corrected chi connectivity index (χ4v) is 6.16. The molecule has 5 rings (SSSR count). The lowest BCUT2D eigenvalue weighted by Gasteiger charge is -2.22. The number of anilines is 1. The van der Waals surface area contributed by atoms with E-state index >= 15 is 0 Å². The number of benzene rings is 1. The summed E-state index contributed by atoms with van der Waals surface area (Å²) < 4.78 is 32.7. The van der Waals surface area contributed by atoms with Crippen molar-refractivity contribution in [2.75, 3.05) is 31.1 Å².